The fourth-order valence-electron chi connectivity index (χ4n) is 2.82. The van der Waals surface area contributed by atoms with Crippen LogP contribution in [0.3, 0.4) is 0 Å². The lowest BCUT2D eigenvalue weighted by molar-refractivity contribution is 0.470. The molecular formula is C18H30O4S. The molecule has 2 N–H and O–H groups in total. The van der Waals surface area contributed by atoms with Gasteiger partial charge in [0.25, 0.3) is 10.1 Å². The summed E-state index contributed by atoms with van der Waals surface area (Å²) in [7, 11) is -4.22. The highest BCUT2D eigenvalue weighted by Crippen LogP contribution is 2.23. The number of benzene rings is 1. The molecule has 0 atom stereocenters. The van der Waals surface area contributed by atoms with Gasteiger partial charge in [-0.05, 0) is 36.6 Å². The maximum Gasteiger partial charge on any atom is 0.294 e. The van der Waals surface area contributed by atoms with Crippen molar-refractivity contribution in [2.45, 2.75) is 82.4 Å². The lowest BCUT2D eigenvalue weighted by Crippen LogP contribution is -2.03. The Labute approximate surface area is 140 Å². The van der Waals surface area contributed by atoms with Crippen molar-refractivity contribution in [1.82, 2.24) is 0 Å². The highest BCUT2D eigenvalue weighted by atomic mass is 32.2. The Balaban J connectivity index is 2.25. The fraction of sp³-hybridized carbons (Fsp3) is 0.667. The van der Waals surface area contributed by atoms with E-state index in [9.17, 15) is 18.1 Å². The number of phenols is 1. The van der Waals surface area contributed by atoms with E-state index in [0.29, 0.717) is 12.0 Å². The van der Waals surface area contributed by atoms with Crippen LogP contribution < -0.4 is 0 Å². The third-order valence-electron chi connectivity index (χ3n) is 4.12. The first-order valence-electron chi connectivity index (χ1n) is 8.74. The minimum atomic E-state index is -4.22. The van der Waals surface area contributed by atoms with Crippen LogP contribution in [0, 0.1) is 0 Å². The van der Waals surface area contributed by atoms with E-state index in [2.05, 4.69) is 6.92 Å². The zero-order valence-electron chi connectivity index (χ0n) is 14.1. The molecule has 0 aliphatic carbocycles. The van der Waals surface area contributed by atoms with Crippen LogP contribution in [-0.2, 0) is 16.5 Å². The lowest BCUT2D eigenvalue weighted by Gasteiger charge is -2.08. The number of hydrogen-bond acceptors (Lipinski definition) is 3. The predicted molar refractivity (Wildman–Crippen MR) is 93.5 cm³/mol. The Morgan fingerprint density at radius 3 is 1.91 bits per heavy atom. The maximum atomic E-state index is 11.3. The minimum Gasteiger partial charge on any atom is -0.508 e. The van der Waals surface area contributed by atoms with Gasteiger partial charge in [-0.3, -0.25) is 4.55 Å². The van der Waals surface area contributed by atoms with Gasteiger partial charge in [-0.25, -0.2) is 0 Å². The highest BCUT2D eigenvalue weighted by molar-refractivity contribution is 7.85. The average Bonchev–Trinajstić information content (AvgIpc) is 2.48. The minimum absolute atomic E-state index is 0.0273. The molecule has 5 heteroatoms. The van der Waals surface area contributed by atoms with Gasteiger partial charge in [0.15, 0.2) is 0 Å². The van der Waals surface area contributed by atoms with Gasteiger partial charge in [0, 0.05) is 0 Å². The SMILES string of the molecule is CCCCCCCCCCCCc1cc(O)ccc1S(=O)(=O)O. The summed E-state index contributed by atoms with van der Waals surface area (Å²) < 4.78 is 31.9. The number of unbranched alkanes of at least 4 members (excludes halogenated alkanes) is 9. The molecule has 0 bridgehead atoms. The molecule has 0 spiro atoms. The van der Waals surface area contributed by atoms with Crippen molar-refractivity contribution >= 4 is 10.1 Å². The van der Waals surface area contributed by atoms with Gasteiger partial charge in [0.2, 0.25) is 0 Å². The van der Waals surface area contributed by atoms with Gasteiger partial charge < -0.3 is 5.11 Å². The first-order chi connectivity index (χ1) is 10.9. The molecule has 0 saturated heterocycles. The van der Waals surface area contributed by atoms with E-state index in [1.807, 2.05) is 0 Å². The van der Waals surface area contributed by atoms with Crippen LogP contribution in [0.25, 0.3) is 0 Å². The number of aryl methyl sites for hydroxylation is 1. The van der Waals surface area contributed by atoms with Gasteiger partial charge in [-0.1, -0.05) is 64.7 Å². The standard InChI is InChI=1S/C18H30O4S/c1-2-3-4-5-6-7-8-9-10-11-12-16-15-17(19)13-14-18(16)23(20,21)22/h13-15,19H,2-12H2,1H3,(H,20,21,22). The Morgan fingerprint density at radius 1 is 0.870 bits per heavy atom. The van der Waals surface area contributed by atoms with Crippen molar-refractivity contribution in [1.29, 1.82) is 0 Å². The average molecular weight is 343 g/mol. The first kappa shape index (κ1) is 20.0. The van der Waals surface area contributed by atoms with E-state index < -0.39 is 10.1 Å². The molecule has 0 unspecified atom stereocenters. The van der Waals surface area contributed by atoms with E-state index in [0.717, 1.165) is 19.3 Å². The van der Waals surface area contributed by atoms with Crippen LogP contribution in [0.2, 0.25) is 0 Å². The van der Waals surface area contributed by atoms with Crippen molar-refractivity contribution in [3.05, 3.63) is 23.8 Å². The second-order valence-corrected chi connectivity index (χ2v) is 7.59. The molecule has 1 rings (SSSR count). The predicted octanol–water partition coefficient (Wildman–Crippen LogP) is 5.10. The van der Waals surface area contributed by atoms with Crippen LogP contribution in [0.1, 0.15) is 76.7 Å². The first-order valence-corrected chi connectivity index (χ1v) is 10.2. The molecular weight excluding hydrogens is 312 g/mol. The molecule has 0 heterocycles. The largest absolute Gasteiger partial charge is 0.508 e. The maximum absolute atomic E-state index is 11.3. The molecule has 0 aromatic heterocycles. The molecule has 0 radical (unpaired) electrons. The van der Waals surface area contributed by atoms with Crippen molar-refractivity contribution in [2.24, 2.45) is 0 Å². The van der Waals surface area contributed by atoms with Gasteiger partial charge in [0.05, 0.1) is 4.90 Å². The number of phenolic OH excluding ortho intramolecular Hbond substituents is 1. The Bertz CT molecular complexity index is 552. The zero-order chi connectivity index (χ0) is 17.1. The van der Waals surface area contributed by atoms with Gasteiger partial charge in [-0.2, -0.15) is 8.42 Å². The summed E-state index contributed by atoms with van der Waals surface area (Å²) in [5.41, 5.74) is 0.493. The summed E-state index contributed by atoms with van der Waals surface area (Å²) in [6.45, 7) is 2.22. The molecule has 4 nitrogen and oxygen atoms in total. The number of hydrogen-bond donors (Lipinski definition) is 2. The van der Waals surface area contributed by atoms with Crippen molar-refractivity contribution in [3.8, 4) is 5.75 Å². The molecule has 23 heavy (non-hydrogen) atoms. The van der Waals surface area contributed by atoms with Gasteiger partial charge >= 0.3 is 0 Å². The van der Waals surface area contributed by atoms with E-state index in [4.69, 9.17) is 0 Å². The van der Waals surface area contributed by atoms with Crippen molar-refractivity contribution in [2.75, 3.05) is 0 Å². The molecule has 1 aromatic rings. The van der Waals surface area contributed by atoms with Crippen LogP contribution in [0.5, 0.6) is 5.75 Å². The molecule has 132 valence electrons. The second kappa shape index (κ2) is 10.7. The molecule has 1 aromatic carbocycles. The Morgan fingerprint density at radius 2 is 1.39 bits per heavy atom. The van der Waals surface area contributed by atoms with E-state index >= 15 is 0 Å². The third-order valence-corrected chi connectivity index (χ3v) is 5.08. The monoisotopic (exact) mass is 342 g/mol. The van der Waals surface area contributed by atoms with Crippen LogP contribution >= 0.6 is 0 Å². The van der Waals surface area contributed by atoms with E-state index in [1.54, 1.807) is 0 Å². The summed E-state index contributed by atoms with van der Waals surface area (Å²) >= 11 is 0. The second-order valence-electron chi connectivity index (χ2n) is 6.20. The third kappa shape index (κ3) is 8.37. The molecule has 0 fully saturated rings. The summed E-state index contributed by atoms with van der Waals surface area (Å²) in [5.74, 6) is 0.0273. The van der Waals surface area contributed by atoms with Crippen LogP contribution in [0.15, 0.2) is 23.1 Å². The van der Waals surface area contributed by atoms with E-state index in [-0.39, 0.29) is 10.6 Å². The van der Waals surface area contributed by atoms with Crippen molar-refractivity contribution in [3.63, 3.8) is 0 Å². The quantitative estimate of drug-likeness (QED) is 0.409. The van der Waals surface area contributed by atoms with Gasteiger partial charge in [0.1, 0.15) is 5.75 Å². The Hall–Kier alpha value is -1.07. The molecule has 0 aliphatic rings. The Kier molecular flexibility index (Phi) is 9.26. The summed E-state index contributed by atoms with van der Waals surface area (Å²) in [5, 5.41) is 9.49. The lowest BCUT2D eigenvalue weighted by atomic mass is 10.0. The summed E-state index contributed by atoms with van der Waals surface area (Å²) in [6, 6.07) is 3.97. The molecule has 0 saturated carbocycles. The van der Waals surface area contributed by atoms with Crippen molar-refractivity contribution < 1.29 is 18.1 Å². The normalized spacial score (nSPS) is 11.7. The smallest absolute Gasteiger partial charge is 0.294 e. The summed E-state index contributed by atoms with van der Waals surface area (Å²) in [4.78, 5) is -0.0915. The summed E-state index contributed by atoms with van der Waals surface area (Å²) in [6.07, 6.45) is 12.7. The fourth-order valence-corrected chi connectivity index (χ4v) is 3.55. The highest BCUT2D eigenvalue weighted by Gasteiger charge is 2.15. The van der Waals surface area contributed by atoms with Gasteiger partial charge in [-0.15, -0.1) is 0 Å². The van der Waals surface area contributed by atoms with E-state index in [1.165, 1.54) is 63.1 Å². The number of rotatable bonds is 12. The zero-order valence-corrected chi connectivity index (χ0v) is 14.9. The molecule has 0 amide bonds. The topological polar surface area (TPSA) is 74.6 Å². The molecule has 0 aliphatic heterocycles. The van der Waals surface area contributed by atoms with Crippen LogP contribution in [-0.4, -0.2) is 18.1 Å². The number of aromatic hydroxyl groups is 1. The van der Waals surface area contributed by atoms with Crippen LogP contribution in [0.4, 0.5) is 0 Å².